The molecule has 1 heterocycles. The van der Waals surface area contributed by atoms with Crippen LogP contribution < -0.4 is 0 Å². The lowest BCUT2D eigenvalue weighted by molar-refractivity contribution is -0.205. The highest BCUT2D eigenvalue weighted by Gasteiger charge is 2.14. The second-order valence-electron chi connectivity index (χ2n) is 5.58. The van der Waals surface area contributed by atoms with Crippen LogP contribution in [-0.2, 0) is 14.4 Å². The van der Waals surface area contributed by atoms with Crippen molar-refractivity contribution < 1.29 is 14.4 Å². The van der Waals surface area contributed by atoms with Gasteiger partial charge in [0.1, 0.15) is 0 Å². The third-order valence-electron chi connectivity index (χ3n) is 3.69. The minimum absolute atomic E-state index is 0.0881. The topological polar surface area (TPSA) is 38.8 Å². The van der Waals surface area contributed by atoms with E-state index in [1.807, 2.05) is 0 Å². The lowest BCUT2D eigenvalue weighted by Crippen LogP contribution is -2.37. The summed E-state index contributed by atoms with van der Waals surface area (Å²) in [5.74, 6) is -0.0881. The summed E-state index contributed by atoms with van der Waals surface area (Å²) in [5, 5.41) is 1.72. The number of hydroxylamine groups is 2. The van der Waals surface area contributed by atoms with Crippen LogP contribution in [0.25, 0.3) is 0 Å². The van der Waals surface area contributed by atoms with E-state index in [4.69, 9.17) is 9.57 Å². The van der Waals surface area contributed by atoms with E-state index in [1.54, 1.807) is 5.06 Å². The molecule has 1 aliphatic heterocycles. The summed E-state index contributed by atoms with van der Waals surface area (Å²) < 4.78 is 5.21. The van der Waals surface area contributed by atoms with Crippen LogP contribution in [0.15, 0.2) is 0 Å². The molecule has 0 amide bonds. The Hall–Kier alpha value is -0.610. The molecule has 1 fully saturated rings. The minimum Gasteiger partial charge on any atom is -0.379 e. The van der Waals surface area contributed by atoms with E-state index in [9.17, 15) is 4.79 Å². The van der Waals surface area contributed by atoms with Crippen LogP contribution in [0.5, 0.6) is 0 Å². The Morgan fingerprint density at radius 1 is 0.950 bits per heavy atom. The molecule has 0 aromatic rings. The van der Waals surface area contributed by atoms with E-state index in [-0.39, 0.29) is 5.97 Å². The molecule has 1 saturated heterocycles. The molecular formula is C16H31NO3. The third kappa shape index (κ3) is 9.32. The van der Waals surface area contributed by atoms with Gasteiger partial charge in [-0.1, -0.05) is 58.3 Å². The number of hydrogen-bond donors (Lipinski definition) is 0. The molecule has 0 saturated carbocycles. The van der Waals surface area contributed by atoms with Gasteiger partial charge in [0, 0.05) is 6.42 Å². The van der Waals surface area contributed by atoms with Gasteiger partial charge in [-0.25, -0.2) is 0 Å². The maximum atomic E-state index is 11.6. The first-order valence-electron chi connectivity index (χ1n) is 8.36. The molecule has 0 aliphatic carbocycles. The van der Waals surface area contributed by atoms with Gasteiger partial charge in [0.15, 0.2) is 0 Å². The zero-order chi connectivity index (χ0) is 14.5. The summed E-state index contributed by atoms with van der Waals surface area (Å²) in [6, 6.07) is 0. The molecule has 0 radical (unpaired) electrons. The van der Waals surface area contributed by atoms with Crippen LogP contribution in [0.4, 0.5) is 0 Å². The minimum atomic E-state index is -0.0881. The van der Waals surface area contributed by atoms with Gasteiger partial charge >= 0.3 is 5.97 Å². The Bertz CT molecular complexity index is 240. The van der Waals surface area contributed by atoms with Gasteiger partial charge in [-0.2, -0.15) is 0 Å². The molecule has 20 heavy (non-hydrogen) atoms. The molecule has 0 N–H and O–H groups in total. The van der Waals surface area contributed by atoms with Crippen molar-refractivity contribution in [1.29, 1.82) is 0 Å². The highest BCUT2D eigenvalue weighted by molar-refractivity contribution is 5.68. The largest absolute Gasteiger partial charge is 0.379 e. The zero-order valence-electron chi connectivity index (χ0n) is 13.1. The second-order valence-corrected chi connectivity index (χ2v) is 5.58. The number of nitrogens with zero attached hydrogens (tertiary/aromatic N) is 1. The Labute approximate surface area is 123 Å². The normalized spacial score (nSPS) is 16.2. The Balaban J connectivity index is 1.84. The van der Waals surface area contributed by atoms with Crippen LogP contribution in [0, 0.1) is 0 Å². The summed E-state index contributed by atoms with van der Waals surface area (Å²) in [6.45, 7) is 4.96. The van der Waals surface area contributed by atoms with Crippen molar-refractivity contribution in [1.82, 2.24) is 5.06 Å². The van der Waals surface area contributed by atoms with E-state index in [2.05, 4.69) is 6.92 Å². The molecule has 1 aliphatic rings. The Kier molecular flexibility index (Phi) is 10.6. The smallest absolute Gasteiger partial charge is 0.325 e. The van der Waals surface area contributed by atoms with E-state index in [0.717, 1.165) is 12.8 Å². The van der Waals surface area contributed by atoms with Gasteiger partial charge in [-0.3, -0.25) is 4.79 Å². The molecule has 1 rings (SSSR count). The molecule has 0 bridgehead atoms. The molecule has 0 unspecified atom stereocenters. The first-order chi connectivity index (χ1) is 9.83. The number of carbonyl (C=O) groups excluding carboxylic acids is 1. The predicted octanol–water partition coefficient (Wildman–Crippen LogP) is 3.70. The molecule has 4 heteroatoms. The summed E-state index contributed by atoms with van der Waals surface area (Å²) in [4.78, 5) is 16.9. The highest BCUT2D eigenvalue weighted by atomic mass is 16.7. The molecule has 118 valence electrons. The number of unbranched alkanes of at least 4 members (excludes halogenated alkanes) is 8. The third-order valence-corrected chi connectivity index (χ3v) is 3.69. The Morgan fingerprint density at radius 3 is 2.10 bits per heavy atom. The van der Waals surface area contributed by atoms with Crippen molar-refractivity contribution in [2.24, 2.45) is 0 Å². The summed E-state index contributed by atoms with van der Waals surface area (Å²) >= 11 is 0. The SMILES string of the molecule is CCCCCCCCCCCC(=O)ON1CCOCC1. The fraction of sp³-hybridized carbons (Fsp3) is 0.938. The molecule has 0 spiro atoms. The van der Waals surface area contributed by atoms with Crippen LogP contribution in [0.1, 0.15) is 71.1 Å². The summed E-state index contributed by atoms with van der Waals surface area (Å²) in [6.07, 6.45) is 12.0. The maximum absolute atomic E-state index is 11.6. The van der Waals surface area contributed by atoms with Crippen molar-refractivity contribution in [2.75, 3.05) is 26.3 Å². The molecule has 4 nitrogen and oxygen atoms in total. The van der Waals surface area contributed by atoms with Gasteiger partial charge in [-0.15, -0.1) is 5.06 Å². The fourth-order valence-corrected chi connectivity index (χ4v) is 2.41. The standard InChI is InChI=1S/C16H31NO3/c1-2-3-4-5-6-7-8-9-10-11-16(18)20-17-12-14-19-15-13-17/h2-15H2,1H3. The average molecular weight is 285 g/mol. The number of ether oxygens (including phenoxy) is 1. The van der Waals surface area contributed by atoms with Crippen LogP contribution in [-0.4, -0.2) is 37.3 Å². The highest BCUT2D eigenvalue weighted by Crippen LogP contribution is 2.11. The first kappa shape index (κ1) is 17.4. The lowest BCUT2D eigenvalue weighted by atomic mass is 10.1. The average Bonchev–Trinajstić information content (AvgIpc) is 2.46. The van der Waals surface area contributed by atoms with Crippen molar-refractivity contribution in [3.8, 4) is 0 Å². The van der Waals surface area contributed by atoms with E-state index < -0.39 is 0 Å². The number of morpholine rings is 1. The van der Waals surface area contributed by atoms with Crippen LogP contribution >= 0.6 is 0 Å². The van der Waals surface area contributed by atoms with Gasteiger partial charge in [0.2, 0.25) is 0 Å². The van der Waals surface area contributed by atoms with E-state index in [0.29, 0.717) is 32.7 Å². The lowest BCUT2D eigenvalue weighted by Gasteiger charge is -2.24. The predicted molar refractivity (Wildman–Crippen MR) is 80.3 cm³/mol. The fourth-order valence-electron chi connectivity index (χ4n) is 2.41. The first-order valence-corrected chi connectivity index (χ1v) is 8.36. The van der Waals surface area contributed by atoms with E-state index in [1.165, 1.54) is 44.9 Å². The maximum Gasteiger partial charge on any atom is 0.325 e. The van der Waals surface area contributed by atoms with Crippen LogP contribution in [0.3, 0.4) is 0 Å². The number of carbonyl (C=O) groups is 1. The molecule has 0 aromatic heterocycles. The van der Waals surface area contributed by atoms with Gasteiger partial charge in [0.25, 0.3) is 0 Å². The van der Waals surface area contributed by atoms with Crippen molar-refractivity contribution >= 4 is 5.97 Å². The zero-order valence-corrected chi connectivity index (χ0v) is 13.1. The number of rotatable bonds is 11. The van der Waals surface area contributed by atoms with Gasteiger partial charge in [0.05, 0.1) is 26.3 Å². The van der Waals surface area contributed by atoms with Gasteiger partial charge in [-0.05, 0) is 6.42 Å². The molecular weight excluding hydrogens is 254 g/mol. The Morgan fingerprint density at radius 2 is 1.50 bits per heavy atom. The quantitative estimate of drug-likeness (QED) is 0.543. The number of hydrogen-bond acceptors (Lipinski definition) is 4. The van der Waals surface area contributed by atoms with E-state index >= 15 is 0 Å². The monoisotopic (exact) mass is 285 g/mol. The van der Waals surface area contributed by atoms with Crippen molar-refractivity contribution in [3.05, 3.63) is 0 Å². The van der Waals surface area contributed by atoms with Crippen molar-refractivity contribution in [3.63, 3.8) is 0 Å². The summed E-state index contributed by atoms with van der Waals surface area (Å²) in [5.41, 5.74) is 0. The molecule has 0 aromatic carbocycles. The van der Waals surface area contributed by atoms with Crippen LogP contribution in [0.2, 0.25) is 0 Å². The second kappa shape index (κ2) is 12.2. The summed E-state index contributed by atoms with van der Waals surface area (Å²) in [7, 11) is 0. The molecule has 0 atom stereocenters. The van der Waals surface area contributed by atoms with Gasteiger partial charge < -0.3 is 9.57 Å². The van der Waals surface area contributed by atoms with Crippen molar-refractivity contribution in [2.45, 2.75) is 71.1 Å².